The standard InChI is InChI=1S/C14H19ClN2O4/c1-10(13(18)16-14(19)20-3)17(2)8-9-21-12-6-4-11(15)5-7-12/h4-7,10H,8-9H2,1-3H3,(H,16,18,19)/p+1/t10-/m1/s1. The molecule has 0 saturated carbocycles. The summed E-state index contributed by atoms with van der Waals surface area (Å²) in [5.74, 6) is 0.338. The van der Waals surface area contributed by atoms with E-state index in [-0.39, 0.29) is 5.91 Å². The van der Waals surface area contributed by atoms with E-state index in [0.717, 1.165) is 10.6 Å². The van der Waals surface area contributed by atoms with Crippen LogP contribution in [-0.4, -0.2) is 45.4 Å². The number of methoxy groups -OCH3 is 1. The molecule has 0 bridgehead atoms. The smallest absolute Gasteiger partial charge is 0.413 e. The number of imide groups is 1. The third-order valence-electron chi connectivity index (χ3n) is 3.12. The molecule has 0 saturated heterocycles. The van der Waals surface area contributed by atoms with Crippen LogP contribution in [-0.2, 0) is 9.53 Å². The molecule has 1 unspecified atom stereocenters. The Morgan fingerprint density at radius 2 is 1.95 bits per heavy atom. The Morgan fingerprint density at radius 1 is 1.33 bits per heavy atom. The van der Waals surface area contributed by atoms with Crippen LogP contribution < -0.4 is 15.0 Å². The average molecular weight is 316 g/mol. The molecule has 7 heteroatoms. The first-order valence-electron chi connectivity index (χ1n) is 6.53. The topological polar surface area (TPSA) is 69.1 Å². The predicted molar refractivity (Wildman–Crippen MR) is 78.7 cm³/mol. The van der Waals surface area contributed by atoms with Crippen LogP contribution in [0.25, 0.3) is 0 Å². The van der Waals surface area contributed by atoms with Crippen LogP contribution >= 0.6 is 11.6 Å². The lowest BCUT2D eigenvalue weighted by molar-refractivity contribution is -0.894. The average Bonchev–Trinajstić information content (AvgIpc) is 2.48. The Hall–Kier alpha value is -1.79. The van der Waals surface area contributed by atoms with Gasteiger partial charge in [-0.3, -0.25) is 10.1 Å². The number of halogens is 1. The van der Waals surface area contributed by atoms with Crippen molar-refractivity contribution < 1.29 is 24.0 Å². The van der Waals surface area contributed by atoms with Crippen molar-refractivity contribution in [3.05, 3.63) is 29.3 Å². The molecule has 0 spiro atoms. The molecule has 0 aliphatic heterocycles. The maximum absolute atomic E-state index is 11.7. The molecular formula is C14H20ClN2O4+. The first kappa shape index (κ1) is 17.3. The van der Waals surface area contributed by atoms with Crippen LogP contribution in [0, 0.1) is 0 Å². The molecule has 2 N–H and O–H groups in total. The fraction of sp³-hybridized carbons (Fsp3) is 0.429. The third kappa shape index (κ3) is 6.01. The maximum atomic E-state index is 11.7. The van der Waals surface area contributed by atoms with Crippen molar-refractivity contribution in [3.63, 3.8) is 0 Å². The summed E-state index contributed by atoms with van der Waals surface area (Å²) in [5.41, 5.74) is 0. The van der Waals surface area contributed by atoms with Gasteiger partial charge in [0, 0.05) is 5.02 Å². The van der Waals surface area contributed by atoms with Crippen molar-refractivity contribution in [2.75, 3.05) is 27.3 Å². The molecule has 2 atom stereocenters. The Kier molecular flexibility index (Phi) is 6.98. The highest BCUT2D eigenvalue weighted by Crippen LogP contribution is 2.14. The number of amides is 2. The van der Waals surface area contributed by atoms with Crippen LogP contribution in [0.15, 0.2) is 24.3 Å². The van der Waals surface area contributed by atoms with Crippen LogP contribution in [0.4, 0.5) is 4.79 Å². The van der Waals surface area contributed by atoms with Crippen LogP contribution in [0.2, 0.25) is 5.02 Å². The van der Waals surface area contributed by atoms with Crippen molar-refractivity contribution in [3.8, 4) is 5.75 Å². The second-order valence-corrected chi connectivity index (χ2v) is 5.04. The van der Waals surface area contributed by atoms with Gasteiger partial charge in [0.15, 0.2) is 6.04 Å². The van der Waals surface area contributed by atoms with Crippen molar-refractivity contribution in [2.45, 2.75) is 13.0 Å². The number of alkyl carbamates (subject to hydrolysis) is 1. The highest BCUT2D eigenvalue weighted by molar-refractivity contribution is 6.30. The Labute approximate surface area is 129 Å². The number of quaternary nitrogens is 1. The molecule has 0 radical (unpaired) electrons. The zero-order valence-corrected chi connectivity index (χ0v) is 13.1. The molecule has 1 rings (SSSR count). The van der Waals surface area contributed by atoms with E-state index >= 15 is 0 Å². The highest BCUT2D eigenvalue weighted by Gasteiger charge is 2.23. The number of ether oxygens (including phenoxy) is 2. The first-order chi connectivity index (χ1) is 9.93. The van der Waals surface area contributed by atoms with E-state index in [1.54, 1.807) is 31.2 Å². The molecule has 0 heterocycles. The second kappa shape index (κ2) is 8.49. The van der Waals surface area contributed by atoms with Gasteiger partial charge in [-0.05, 0) is 31.2 Å². The molecule has 6 nitrogen and oxygen atoms in total. The largest absolute Gasteiger partial charge is 0.488 e. The van der Waals surface area contributed by atoms with E-state index in [0.29, 0.717) is 18.2 Å². The molecule has 1 aromatic rings. The summed E-state index contributed by atoms with van der Waals surface area (Å²) < 4.78 is 9.94. The minimum absolute atomic E-state index is 0.383. The summed E-state index contributed by atoms with van der Waals surface area (Å²) >= 11 is 5.78. The van der Waals surface area contributed by atoms with Gasteiger partial charge in [-0.15, -0.1) is 0 Å². The fourth-order valence-corrected chi connectivity index (χ4v) is 1.69. The Bertz CT molecular complexity index is 478. The molecule has 2 amide bonds. The number of rotatable bonds is 6. The van der Waals surface area contributed by atoms with E-state index in [4.69, 9.17) is 16.3 Å². The Balaban J connectivity index is 2.35. The monoisotopic (exact) mass is 315 g/mol. The quantitative estimate of drug-likeness (QED) is 0.802. The second-order valence-electron chi connectivity index (χ2n) is 4.60. The zero-order valence-electron chi connectivity index (χ0n) is 12.3. The summed E-state index contributed by atoms with van der Waals surface area (Å²) in [6, 6.07) is 6.67. The van der Waals surface area contributed by atoms with Gasteiger partial charge in [0.25, 0.3) is 5.91 Å². The van der Waals surface area contributed by atoms with Gasteiger partial charge in [-0.25, -0.2) is 4.79 Å². The number of hydrogen-bond donors (Lipinski definition) is 2. The van der Waals surface area contributed by atoms with E-state index < -0.39 is 12.1 Å². The normalized spacial score (nSPS) is 13.1. The first-order valence-corrected chi connectivity index (χ1v) is 6.91. The van der Waals surface area contributed by atoms with E-state index in [2.05, 4.69) is 10.1 Å². The number of likely N-dealkylation sites (N-methyl/N-ethyl adjacent to an activating group) is 1. The molecule has 0 aliphatic carbocycles. The number of hydrogen-bond acceptors (Lipinski definition) is 4. The molecule has 21 heavy (non-hydrogen) atoms. The summed E-state index contributed by atoms with van der Waals surface area (Å²) in [6.07, 6.45) is -0.753. The minimum atomic E-state index is -0.753. The van der Waals surface area contributed by atoms with Crippen molar-refractivity contribution in [1.82, 2.24) is 5.32 Å². The van der Waals surface area contributed by atoms with Gasteiger partial charge >= 0.3 is 6.09 Å². The number of carbonyl (C=O) groups is 2. The number of carbonyl (C=O) groups excluding carboxylic acids is 2. The van der Waals surface area contributed by atoms with Crippen molar-refractivity contribution in [1.29, 1.82) is 0 Å². The van der Waals surface area contributed by atoms with Crippen LogP contribution in [0.5, 0.6) is 5.75 Å². The minimum Gasteiger partial charge on any atom is -0.488 e. The molecule has 0 fully saturated rings. The van der Waals surface area contributed by atoms with Crippen LogP contribution in [0.1, 0.15) is 6.92 Å². The number of nitrogens with one attached hydrogen (secondary N) is 2. The zero-order chi connectivity index (χ0) is 15.8. The van der Waals surface area contributed by atoms with E-state index in [1.165, 1.54) is 7.11 Å². The molecule has 0 aliphatic rings. The van der Waals surface area contributed by atoms with Gasteiger partial charge in [0.2, 0.25) is 0 Å². The summed E-state index contributed by atoms with van der Waals surface area (Å²) in [4.78, 5) is 23.6. The third-order valence-corrected chi connectivity index (χ3v) is 3.37. The lowest BCUT2D eigenvalue weighted by Gasteiger charge is -2.20. The SMILES string of the molecule is COC(=O)NC(=O)[C@@H](C)[NH+](C)CCOc1ccc(Cl)cc1. The van der Waals surface area contributed by atoms with E-state index in [1.807, 2.05) is 7.05 Å². The van der Waals surface area contributed by atoms with Gasteiger partial charge in [0.05, 0.1) is 14.2 Å². The fourth-order valence-electron chi connectivity index (χ4n) is 1.56. The molecule has 0 aromatic heterocycles. The van der Waals surface area contributed by atoms with Crippen molar-refractivity contribution in [2.24, 2.45) is 0 Å². The van der Waals surface area contributed by atoms with Gasteiger partial charge in [-0.1, -0.05) is 11.6 Å². The Morgan fingerprint density at radius 3 is 2.52 bits per heavy atom. The highest BCUT2D eigenvalue weighted by atomic mass is 35.5. The lowest BCUT2D eigenvalue weighted by Crippen LogP contribution is -3.14. The summed E-state index contributed by atoms with van der Waals surface area (Å²) in [6.45, 7) is 2.79. The molecule has 1 aromatic carbocycles. The summed E-state index contributed by atoms with van der Waals surface area (Å²) in [5, 5.41) is 2.80. The lowest BCUT2D eigenvalue weighted by atomic mass is 10.3. The van der Waals surface area contributed by atoms with E-state index in [9.17, 15) is 9.59 Å². The molecular weight excluding hydrogens is 296 g/mol. The number of benzene rings is 1. The van der Waals surface area contributed by atoms with Gasteiger partial charge in [0.1, 0.15) is 18.9 Å². The summed E-state index contributed by atoms with van der Waals surface area (Å²) in [7, 11) is 3.07. The van der Waals surface area contributed by atoms with Gasteiger partial charge < -0.3 is 14.4 Å². The van der Waals surface area contributed by atoms with Crippen molar-refractivity contribution >= 4 is 23.6 Å². The maximum Gasteiger partial charge on any atom is 0.413 e. The van der Waals surface area contributed by atoms with Gasteiger partial charge in [-0.2, -0.15) is 0 Å². The predicted octanol–water partition coefficient (Wildman–Crippen LogP) is 0.505. The molecule has 116 valence electrons. The van der Waals surface area contributed by atoms with Crippen LogP contribution in [0.3, 0.4) is 0 Å².